The van der Waals surface area contributed by atoms with Gasteiger partial charge in [0.15, 0.2) is 0 Å². The first-order chi connectivity index (χ1) is 9.81. The Labute approximate surface area is 140 Å². The van der Waals surface area contributed by atoms with Gasteiger partial charge in [-0.1, -0.05) is 15.9 Å². The summed E-state index contributed by atoms with van der Waals surface area (Å²) in [6.07, 6.45) is -4.15. The van der Waals surface area contributed by atoms with E-state index in [9.17, 15) is 18.0 Å². The Morgan fingerprint density at radius 3 is 2.64 bits per heavy atom. The summed E-state index contributed by atoms with van der Waals surface area (Å²) >= 11 is 2.84. The van der Waals surface area contributed by atoms with Gasteiger partial charge in [0.1, 0.15) is 6.10 Å². The fraction of sp³-hybridized carbons (Fsp3) is 0.462. The Balaban J connectivity index is 0.00000242. The van der Waals surface area contributed by atoms with Gasteiger partial charge in [-0.15, -0.1) is 12.4 Å². The van der Waals surface area contributed by atoms with Gasteiger partial charge in [-0.05, 0) is 31.0 Å². The quantitative estimate of drug-likeness (QED) is 0.814. The maximum absolute atomic E-state index is 12.8. The van der Waals surface area contributed by atoms with Crippen LogP contribution in [0.3, 0.4) is 0 Å². The van der Waals surface area contributed by atoms with Crippen molar-refractivity contribution in [1.29, 1.82) is 0 Å². The van der Waals surface area contributed by atoms with Crippen LogP contribution in [0, 0.1) is 0 Å². The number of hydrogen-bond donors (Lipinski definition) is 2. The van der Waals surface area contributed by atoms with Crippen molar-refractivity contribution in [3.63, 3.8) is 0 Å². The van der Waals surface area contributed by atoms with Crippen molar-refractivity contribution in [2.24, 2.45) is 5.73 Å². The van der Waals surface area contributed by atoms with Crippen LogP contribution in [-0.2, 0) is 15.7 Å². The number of nitrogens with two attached hydrogens (primary N) is 1. The summed E-state index contributed by atoms with van der Waals surface area (Å²) in [7, 11) is 0. The molecular weight excluding hydrogens is 389 g/mol. The van der Waals surface area contributed by atoms with Crippen molar-refractivity contribution >= 4 is 39.9 Å². The number of benzene rings is 1. The Morgan fingerprint density at radius 1 is 1.41 bits per heavy atom. The predicted molar refractivity (Wildman–Crippen MR) is 82.0 cm³/mol. The van der Waals surface area contributed by atoms with E-state index in [4.69, 9.17) is 10.5 Å². The highest BCUT2D eigenvalue weighted by Crippen LogP contribution is 2.36. The summed E-state index contributed by atoms with van der Waals surface area (Å²) in [6, 6.07) is 3.53. The highest BCUT2D eigenvalue weighted by Gasteiger charge is 2.34. The Bertz CT molecular complexity index is 543. The molecule has 0 aliphatic carbocycles. The van der Waals surface area contributed by atoms with Crippen molar-refractivity contribution in [1.82, 2.24) is 0 Å². The number of alkyl halides is 3. The van der Waals surface area contributed by atoms with Gasteiger partial charge in [0.2, 0.25) is 0 Å². The minimum Gasteiger partial charge on any atom is -0.364 e. The zero-order valence-corrected chi connectivity index (χ0v) is 13.7. The molecule has 1 fully saturated rings. The minimum absolute atomic E-state index is 0. The van der Waals surface area contributed by atoms with Crippen LogP contribution in [0.4, 0.5) is 18.9 Å². The maximum atomic E-state index is 12.8. The maximum Gasteiger partial charge on any atom is 0.417 e. The van der Waals surface area contributed by atoms with Gasteiger partial charge >= 0.3 is 6.18 Å². The second kappa shape index (κ2) is 7.63. The molecule has 0 saturated carbocycles. The molecule has 9 heteroatoms. The number of rotatable bonds is 3. The van der Waals surface area contributed by atoms with Gasteiger partial charge in [-0.3, -0.25) is 4.79 Å². The van der Waals surface area contributed by atoms with Crippen molar-refractivity contribution in [3.05, 3.63) is 28.2 Å². The van der Waals surface area contributed by atoms with Crippen LogP contribution in [0.25, 0.3) is 0 Å². The highest BCUT2D eigenvalue weighted by molar-refractivity contribution is 9.10. The largest absolute Gasteiger partial charge is 0.417 e. The standard InChI is InChI=1S/C13H14BrF3N2O2.ClH/c14-10-3-1-7(5-9(10)13(15,16)17)19-12(20)11-4-2-8(6-18)21-11;/h1,3,5,8,11H,2,4,6,18H2,(H,19,20);1H/t8-,11+;/m1./s1. The lowest BCUT2D eigenvalue weighted by Gasteiger charge is -2.15. The number of ether oxygens (including phenoxy) is 1. The zero-order chi connectivity index (χ0) is 15.6. The normalized spacial score (nSPS) is 21.3. The summed E-state index contributed by atoms with van der Waals surface area (Å²) in [4.78, 5) is 12.0. The molecule has 3 N–H and O–H groups in total. The predicted octanol–water partition coefficient (Wildman–Crippen LogP) is 3.33. The molecule has 1 amide bonds. The second-order valence-corrected chi connectivity index (χ2v) is 5.60. The number of hydrogen-bond acceptors (Lipinski definition) is 3. The lowest BCUT2D eigenvalue weighted by molar-refractivity contribution is -0.138. The van der Waals surface area contributed by atoms with Crippen LogP contribution in [0.15, 0.2) is 22.7 Å². The van der Waals surface area contributed by atoms with Crippen molar-refractivity contribution in [2.45, 2.75) is 31.2 Å². The molecule has 2 rings (SSSR count). The van der Waals surface area contributed by atoms with E-state index in [0.717, 1.165) is 6.07 Å². The smallest absolute Gasteiger partial charge is 0.364 e. The van der Waals surface area contributed by atoms with E-state index in [1.165, 1.54) is 12.1 Å². The summed E-state index contributed by atoms with van der Waals surface area (Å²) in [6.45, 7) is 0.320. The molecule has 1 aliphatic rings. The molecule has 0 radical (unpaired) electrons. The Morgan fingerprint density at radius 2 is 2.09 bits per heavy atom. The first-order valence-electron chi connectivity index (χ1n) is 6.34. The average molecular weight is 404 g/mol. The fourth-order valence-electron chi connectivity index (χ4n) is 2.11. The van der Waals surface area contributed by atoms with Crippen molar-refractivity contribution < 1.29 is 22.7 Å². The zero-order valence-electron chi connectivity index (χ0n) is 11.3. The summed E-state index contributed by atoms with van der Waals surface area (Å²) < 4.78 is 43.7. The van der Waals surface area contributed by atoms with Crippen LogP contribution in [0.1, 0.15) is 18.4 Å². The van der Waals surface area contributed by atoms with Crippen LogP contribution < -0.4 is 11.1 Å². The molecule has 0 spiro atoms. The first kappa shape index (κ1) is 19.2. The van der Waals surface area contributed by atoms with Crippen LogP contribution >= 0.6 is 28.3 Å². The number of carbonyl (C=O) groups excluding carboxylic acids is 1. The van der Waals surface area contributed by atoms with E-state index in [1.54, 1.807) is 0 Å². The third-order valence-corrected chi connectivity index (χ3v) is 3.89. The molecule has 0 unspecified atom stereocenters. The molecular formula is C13H15BrClF3N2O2. The van der Waals surface area contributed by atoms with Crippen LogP contribution in [0.2, 0.25) is 0 Å². The third kappa shape index (κ3) is 4.58. The molecule has 22 heavy (non-hydrogen) atoms. The molecule has 124 valence electrons. The van der Waals surface area contributed by atoms with Gasteiger partial charge in [0.05, 0.1) is 11.7 Å². The summed E-state index contributed by atoms with van der Waals surface area (Å²) in [5.74, 6) is -0.457. The second-order valence-electron chi connectivity index (χ2n) is 4.74. The lowest BCUT2D eigenvalue weighted by atomic mass is 10.1. The molecule has 0 aromatic heterocycles. The number of carbonyl (C=O) groups is 1. The van der Waals surface area contributed by atoms with Crippen molar-refractivity contribution in [3.8, 4) is 0 Å². The number of halogens is 5. The molecule has 1 aromatic carbocycles. The Hall–Kier alpha value is -0.830. The monoisotopic (exact) mass is 402 g/mol. The lowest BCUT2D eigenvalue weighted by Crippen LogP contribution is -2.29. The first-order valence-corrected chi connectivity index (χ1v) is 7.13. The highest BCUT2D eigenvalue weighted by atomic mass is 79.9. The molecule has 0 bridgehead atoms. The number of anilines is 1. The Kier molecular flexibility index (Phi) is 6.66. The van der Waals surface area contributed by atoms with Gasteiger partial charge in [-0.2, -0.15) is 13.2 Å². The molecule has 1 aliphatic heterocycles. The van der Waals surface area contributed by atoms with E-state index < -0.39 is 23.8 Å². The third-order valence-electron chi connectivity index (χ3n) is 3.20. The fourth-order valence-corrected chi connectivity index (χ4v) is 2.59. The average Bonchev–Trinajstić information content (AvgIpc) is 2.88. The van der Waals surface area contributed by atoms with Gasteiger partial charge in [0.25, 0.3) is 5.91 Å². The minimum atomic E-state index is -4.49. The summed E-state index contributed by atoms with van der Waals surface area (Å²) in [5.41, 5.74) is 4.68. The van der Waals surface area contributed by atoms with E-state index >= 15 is 0 Å². The topological polar surface area (TPSA) is 64.4 Å². The SMILES string of the molecule is Cl.NC[C@H]1CC[C@@H](C(=O)Nc2ccc(Br)c(C(F)(F)F)c2)O1. The van der Waals surface area contributed by atoms with Gasteiger partial charge in [-0.25, -0.2) is 0 Å². The molecule has 1 aromatic rings. The molecule has 2 atom stereocenters. The molecule has 4 nitrogen and oxygen atoms in total. The van der Waals surface area contributed by atoms with Gasteiger partial charge < -0.3 is 15.8 Å². The van der Waals surface area contributed by atoms with Crippen LogP contribution in [0.5, 0.6) is 0 Å². The van der Waals surface area contributed by atoms with E-state index in [1.807, 2.05) is 0 Å². The van der Waals surface area contributed by atoms with Crippen molar-refractivity contribution in [2.75, 3.05) is 11.9 Å². The van der Waals surface area contributed by atoms with Crippen LogP contribution in [-0.4, -0.2) is 24.7 Å². The summed E-state index contributed by atoms with van der Waals surface area (Å²) in [5, 5.41) is 2.44. The number of amides is 1. The van der Waals surface area contributed by atoms with Gasteiger partial charge in [0, 0.05) is 16.7 Å². The number of nitrogens with one attached hydrogen (secondary N) is 1. The molecule has 1 saturated heterocycles. The van der Waals surface area contributed by atoms with E-state index in [2.05, 4.69) is 21.2 Å². The van der Waals surface area contributed by atoms with E-state index in [0.29, 0.717) is 19.4 Å². The van der Waals surface area contributed by atoms with E-state index in [-0.39, 0.29) is 28.7 Å². The molecule has 1 heterocycles.